The Labute approximate surface area is 206 Å². The van der Waals surface area contributed by atoms with Gasteiger partial charge >= 0.3 is 0 Å². The Hall–Kier alpha value is -3.67. The van der Waals surface area contributed by atoms with Gasteiger partial charge in [0.15, 0.2) is 6.61 Å². The van der Waals surface area contributed by atoms with Gasteiger partial charge in [-0.2, -0.15) is 0 Å². The Morgan fingerprint density at radius 2 is 1.69 bits per heavy atom. The van der Waals surface area contributed by atoms with Gasteiger partial charge in [0.25, 0.3) is 5.91 Å². The van der Waals surface area contributed by atoms with Crippen LogP contribution in [-0.4, -0.2) is 35.9 Å². The molecule has 0 bridgehead atoms. The summed E-state index contributed by atoms with van der Waals surface area (Å²) in [6, 6.07) is 22.4. The summed E-state index contributed by atoms with van der Waals surface area (Å²) in [5, 5.41) is 3.00. The van der Waals surface area contributed by atoms with E-state index in [-0.39, 0.29) is 30.8 Å². The fraction of sp³-hybridized carbons (Fsp3) is 0.310. The first-order valence-corrected chi connectivity index (χ1v) is 12.0. The number of nitrogens with one attached hydrogen (secondary N) is 1. The number of aryl methyl sites for hydroxylation is 1. The standard InChI is InChI=1S/C29H33FN2O3/c1-3-4-17-31-29(34)27(19-23-10-6-5-7-11-23)32(20-24-12-8-9-22(2)18-24)28(33)21-35-26-15-13-25(30)14-16-26/h5-16,18,27H,3-4,17,19-21H2,1-2H3,(H,31,34)/t27-/m0/s1. The molecule has 0 unspecified atom stereocenters. The number of carbonyl (C=O) groups excluding carboxylic acids is 2. The van der Waals surface area contributed by atoms with Crippen molar-refractivity contribution >= 4 is 11.8 Å². The number of halogens is 1. The fourth-order valence-corrected chi connectivity index (χ4v) is 3.83. The SMILES string of the molecule is CCCCNC(=O)[C@H](Cc1ccccc1)N(Cc1cccc(C)c1)C(=O)COc1ccc(F)cc1. The smallest absolute Gasteiger partial charge is 0.261 e. The minimum absolute atomic E-state index is 0.190. The Kier molecular flexibility index (Phi) is 9.84. The van der Waals surface area contributed by atoms with E-state index in [1.165, 1.54) is 24.3 Å². The van der Waals surface area contributed by atoms with Crippen LogP contribution in [0.2, 0.25) is 0 Å². The number of nitrogens with zero attached hydrogens (tertiary/aromatic N) is 1. The number of ether oxygens (including phenoxy) is 1. The van der Waals surface area contributed by atoms with E-state index in [0.29, 0.717) is 18.7 Å². The van der Waals surface area contributed by atoms with E-state index < -0.39 is 6.04 Å². The molecule has 0 aliphatic heterocycles. The van der Waals surface area contributed by atoms with Crippen LogP contribution in [-0.2, 0) is 22.6 Å². The highest BCUT2D eigenvalue weighted by atomic mass is 19.1. The third-order valence-corrected chi connectivity index (χ3v) is 5.71. The second-order valence-electron chi connectivity index (χ2n) is 8.60. The first kappa shape index (κ1) is 25.9. The summed E-state index contributed by atoms with van der Waals surface area (Å²) in [5.74, 6) is -0.494. The van der Waals surface area contributed by atoms with Crippen molar-refractivity contribution in [2.45, 2.75) is 45.7 Å². The topological polar surface area (TPSA) is 58.6 Å². The van der Waals surface area contributed by atoms with Crippen LogP contribution < -0.4 is 10.1 Å². The molecule has 0 aliphatic carbocycles. The minimum atomic E-state index is -0.709. The molecule has 6 heteroatoms. The molecule has 0 saturated carbocycles. The summed E-state index contributed by atoms with van der Waals surface area (Å²) in [6.45, 7) is 4.62. The Bertz CT molecular complexity index is 1090. The normalized spacial score (nSPS) is 11.5. The summed E-state index contributed by atoms with van der Waals surface area (Å²) in [6.07, 6.45) is 2.21. The summed E-state index contributed by atoms with van der Waals surface area (Å²) in [5.41, 5.74) is 2.97. The number of rotatable bonds is 12. The number of amides is 2. The van der Waals surface area contributed by atoms with E-state index in [4.69, 9.17) is 4.74 Å². The van der Waals surface area contributed by atoms with Crippen LogP contribution >= 0.6 is 0 Å². The van der Waals surface area contributed by atoms with Gasteiger partial charge in [-0.25, -0.2) is 4.39 Å². The Balaban J connectivity index is 1.87. The molecule has 0 heterocycles. The zero-order chi connectivity index (χ0) is 25.0. The summed E-state index contributed by atoms with van der Waals surface area (Å²) < 4.78 is 18.9. The third kappa shape index (κ3) is 8.25. The molecule has 0 radical (unpaired) electrons. The number of hydrogen-bond donors (Lipinski definition) is 1. The molecule has 0 aromatic heterocycles. The van der Waals surface area contributed by atoms with Crippen LogP contribution in [0.4, 0.5) is 4.39 Å². The highest BCUT2D eigenvalue weighted by Crippen LogP contribution is 2.17. The van der Waals surface area contributed by atoms with Crippen molar-refractivity contribution in [2.24, 2.45) is 0 Å². The second-order valence-corrected chi connectivity index (χ2v) is 8.60. The molecule has 35 heavy (non-hydrogen) atoms. The van der Waals surface area contributed by atoms with Crippen molar-refractivity contribution in [3.8, 4) is 5.75 Å². The third-order valence-electron chi connectivity index (χ3n) is 5.71. The maximum absolute atomic E-state index is 13.5. The van der Waals surface area contributed by atoms with Crippen molar-refractivity contribution in [3.63, 3.8) is 0 Å². The average Bonchev–Trinajstić information content (AvgIpc) is 2.86. The van der Waals surface area contributed by atoms with Gasteiger partial charge in [-0.3, -0.25) is 9.59 Å². The van der Waals surface area contributed by atoms with Crippen LogP contribution in [0.5, 0.6) is 5.75 Å². The zero-order valence-corrected chi connectivity index (χ0v) is 20.4. The van der Waals surface area contributed by atoms with E-state index >= 15 is 0 Å². The van der Waals surface area contributed by atoms with Crippen molar-refractivity contribution < 1.29 is 18.7 Å². The molecule has 3 rings (SSSR count). The largest absolute Gasteiger partial charge is 0.484 e. The van der Waals surface area contributed by atoms with Crippen molar-refractivity contribution in [1.82, 2.24) is 10.2 Å². The molecule has 2 amide bonds. The van der Waals surface area contributed by atoms with Crippen LogP contribution in [0.25, 0.3) is 0 Å². The lowest BCUT2D eigenvalue weighted by Gasteiger charge is -2.31. The molecule has 3 aromatic carbocycles. The fourth-order valence-electron chi connectivity index (χ4n) is 3.83. The van der Waals surface area contributed by atoms with E-state index in [2.05, 4.69) is 12.2 Å². The molecule has 3 aromatic rings. The highest BCUT2D eigenvalue weighted by molar-refractivity contribution is 5.88. The molecule has 5 nitrogen and oxygen atoms in total. The van der Waals surface area contributed by atoms with Gasteiger partial charge in [0.2, 0.25) is 5.91 Å². The predicted octanol–water partition coefficient (Wildman–Crippen LogP) is 5.07. The lowest BCUT2D eigenvalue weighted by molar-refractivity contribution is -0.142. The quantitative estimate of drug-likeness (QED) is 0.372. The molecule has 0 aliphatic rings. The van der Waals surface area contributed by atoms with Gasteiger partial charge < -0.3 is 15.0 Å². The predicted molar refractivity (Wildman–Crippen MR) is 135 cm³/mol. The van der Waals surface area contributed by atoms with Crippen molar-refractivity contribution in [2.75, 3.05) is 13.2 Å². The van der Waals surface area contributed by atoms with E-state index in [1.807, 2.05) is 61.5 Å². The van der Waals surface area contributed by atoms with Gasteiger partial charge in [-0.15, -0.1) is 0 Å². The van der Waals surface area contributed by atoms with E-state index in [1.54, 1.807) is 4.90 Å². The molecule has 0 saturated heterocycles. The van der Waals surface area contributed by atoms with Gasteiger partial charge in [-0.05, 0) is 48.7 Å². The molecular weight excluding hydrogens is 443 g/mol. The number of hydrogen-bond acceptors (Lipinski definition) is 3. The lowest BCUT2D eigenvalue weighted by Crippen LogP contribution is -2.51. The first-order valence-electron chi connectivity index (χ1n) is 12.0. The van der Waals surface area contributed by atoms with Crippen molar-refractivity contribution in [3.05, 3.63) is 101 Å². The van der Waals surface area contributed by atoms with Crippen LogP contribution in [0, 0.1) is 12.7 Å². The maximum atomic E-state index is 13.5. The molecule has 1 N–H and O–H groups in total. The van der Waals surface area contributed by atoms with E-state index in [9.17, 15) is 14.0 Å². The monoisotopic (exact) mass is 476 g/mol. The molecule has 0 spiro atoms. The highest BCUT2D eigenvalue weighted by Gasteiger charge is 2.30. The van der Waals surface area contributed by atoms with Gasteiger partial charge in [-0.1, -0.05) is 73.5 Å². The van der Waals surface area contributed by atoms with Crippen LogP contribution in [0.1, 0.15) is 36.5 Å². The molecule has 184 valence electrons. The summed E-state index contributed by atoms with van der Waals surface area (Å²) >= 11 is 0. The Morgan fingerprint density at radius 1 is 0.971 bits per heavy atom. The van der Waals surface area contributed by atoms with Crippen molar-refractivity contribution in [1.29, 1.82) is 0 Å². The van der Waals surface area contributed by atoms with Crippen LogP contribution in [0.3, 0.4) is 0 Å². The second kappa shape index (κ2) is 13.3. The number of unbranched alkanes of at least 4 members (excludes halogenated alkanes) is 1. The van der Waals surface area contributed by atoms with Crippen LogP contribution in [0.15, 0.2) is 78.9 Å². The van der Waals surface area contributed by atoms with Gasteiger partial charge in [0.1, 0.15) is 17.6 Å². The molecular formula is C29H33FN2O3. The molecule has 1 atom stereocenters. The zero-order valence-electron chi connectivity index (χ0n) is 20.4. The lowest BCUT2D eigenvalue weighted by atomic mass is 10.0. The van der Waals surface area contributed by atoms with E-state index in [0.717, 1.165) is 29.5 Å². The van der Waals surface area contributed by atoms with Gasteiger partial charge in [0.05, 0.1) is 0 Å². The Morgan fingerprint density at radius 3 is 2.37 bits per heavy atom. The summed E-state index contributed by atoms with van der Waals surface area (Å²) in [4.78, 5) is 28.4. The number of benzene rings is 3. The maximum Gasteiger partial charge on any atom is 0.261 e. The minimum Gasteiger partial charge on any atom is -0.484 e. The number of carbonyl (C=O) groups is 2. The average molecular weight is 477 g/mol. The first-order chi connectivity index (χ1) is 17.0. The molecule has 0 fully saturated rings. The summed E-state index contributed by atoms with van der Waals surface area (Å²) in [7, 11) is 0. The van der Waals surface area contributed by atoms with Gasteiger partial charge in [0, 0.05) is 19.5 Å².